The third kappa shape index (κ3) is 4.62. The van der Waals surface area contributed by atoms with Crippen LogP contribution in [0.5, 0.6) is 0 Å². The van der Waals surface area contributed by atoms with Crippen LogP contribution in [0.25, 0.3) is 0 Å². The molecular formula is C16H24N2O2. The summed E-state index contributed by atoms with van der Waals surface area (Å²) in [5.41, 5.74) is 7.14. The fraction of sp³-hybridized carbons (Fsp3) is 0.562. The van der Waals surface area contributed by atoms with Crippen molar-refractivity contribution in [1.29, 1.82) is 0 Å². The normalized spacial score (nSPS) is 23.5. The summed E-state index contributed by atoms with van der Waals surface area (Å²) < 4.78 is 0. The first-order valence-corrected chi connectivity index (χ1v) is 7.40. The molecule has 1 fully saturated rings. The maximum atomic E-state index is 11.8. The molecule has 1 aromatic rings. The van der Waals surface area contributed by atoms with E-state index in [1.54, 1.807) is 0 Å². The predicted molar refractivity (Wildman–Crippen MR) is 79.0 cm³/mol. The van der Waals surface area contributed by atoms with E-state index < -0.39 is 0 Å². The van der Waals surface area contributed by atoms with Gasteiger partial charge in [-0.1, -0.05) is 30.3 Å². The Morgan fingerprint density at radius 1 is 1.35 bits per heavy atom. The fourth-order valence-electron chi connectivity index (χ4n) is 2.73. The van der Waals surface area contributed by atoms with Gasteiger partial charge in [0.2, 0.25) is 5.91 Å². The first-order valence-electron chi connectivity index (χ1n) is 7.40. The molecule has 1 aliphatic carbocycles. The van der Waals surface area contributed by atoms with Crippen LogP contribution >= 0.6 is 0 Å². The van der Waals surface area contributed by atoms with Crippen LogP contribution in [-0.4, -0.2) is 23.7 Å². The number of aliphatic hydroxyl groups excluding tert-OH is 1. The van der Waals surface area contributed by atoms with Crippen LogP contribution in [0.15, 0.2) is 30.3 Å². The van der Waals surface area contributed by atoms with Gasteiger partial charge in [0.1, 0.15) is 0 Å². The monoisotopic (exact) mass is 276 g/mol. The summed E-state index contributed by atoms with van der Waals surface area (Å²) in [7, 11) is 0. The molecule has 20 heavy (non-hydrogen) atoms. The van der Waals surface area contributed by atoms with Crippen molar-refractivity contribution in [1.82, 2.24) is 5.32 Å². The Bertz CT molecular complexity index is 422. The van der Waals surface area contributed by atoms with Gasteiger partial charge in [-0.05, 0) is 37.2 Å². The molecule has 3 unspecified atom stereocenters. The van der Waals surface area contributed by atoms with E-state index >= 15 is 0 Å². The maximum absolute atomic E-state index is 11.8. The minimum atomic E-state index is -0.177. The number of aliphatic hydroxyl groups is 1. The van der Waals surface area contributed by atoms with E-state index in [0.717, 1.165) is 24.8 Å². The Kier molecular flexibility index (Phi) is 5.56. The number of hydrogen-bond acceptors (Lipinski definition) is 3. The topological polar surface area (TPSA) is 75.4 Å². The Labute approximate surface area is 120 Å². The highest BCUT2D eigenvalue weighted by Gasteiger charge is 2.22. The SMILES string of the molecule is NC(CCC(=O)NCC1CCC(O)C1)c1ccccc1. The molecule has 0 spiro atoms. The van der Waals surface area contributed by atoms with Crippen molar-refractivity contribution < 1.29 is 9.90 Å². The standard InChI is InChI=1S/C16H24N2O2/c17-15(13-4-2-1-3-5-13)8-9-16(20)18-11-12-6-7-14(19)10-12/h1-5,12,14-15,19H,6-11,17H2,(H,18,20). The lowest BCUT2D eigenvalue weighted by Gasteiger charge is -2.13. The second kappa shape index (κ2) is 7.41. The molecule has 110 valence electrons. The van der Waals surface area contributed by atoms with E-state index in [9.17, 15) is 9.90 Å². The van der Waals surface area contributed by atoms with E-state index in [0.29, 0.717) is 25.3 Å². The summed E-state index contributed by atoms with van der Waals surface area (Å²) >= 11 is 0. The van der Waals surface area contributed by atoms with Crippen LogP contribution in [0.2, 0.25) is 0 Å². The van der Waals surface area contributed by atoms with Gasteiger partial charge in [-0.15, -0.1) is 0 Å². The molecule has 4 N–H and O–H groups in total. The van der Waals surface area contributed by atoms with Crippen LogP contribution in [0.1, 0.15) is 43.7 Å². The highest BCUT2D eigenvalue weighted by Crippen LogP contribution is 2.24. The zero-order valence-electron chi connectivity index (χ0n) is 11.8. The minimum absolute atomic E-state index is 0.0535. The Hall–Kier alpha value is -1.39. The van der Waals surface area contributed by atoms with Crippen molar-refractivity contribution in [3.63, 3.8) is 0 Å². The van der Waals surface area contributed by atoms with Crippen molar-refractivity contribution >= 4 is 5.91 Å². The number of benzene rings is 1. The van der Waals surface area contributed by atoms with Gasteiger partial charge in [0.15, 0.2) is 0 Å². The van der Waals surface area contributed by atoms with Crippen LogP contribution in [0.4, 0.5) is 0 Å². The van der Waals surface area contributed by atoms with E-state index in [4.69, 9.17) is 5.73 Å². The van der Waals surface area contributed by atoms with Gasteiger partial charge >= 0.3 is 0 Å². The summed E-state index contributed by atoms with van der Waals surface area (Å²) in [6.45, 7) is 0.677. The number of rotatable bonds is 6. The molecule has 1 amide bonds. The van der Waals surface area contributed by atoms with E-state index in [2.05, 4.69) is 5.32 Å². The number of hydrogen-bond donors (Lipinski definition) is 3. The molecule has 4 nitrogen and oxygen atoms in total. The van der Waals surface area contributed by atoms with Gasteiger partial charge in [-0.3, -0.25) is 4.79 Å². The van der Waals surface area contributed by atoms with Crippen molar-refractivity contribution in [3.05, 3.63) is 35.9 Å². The molecule has 1 aromatic carbocycles. The summed E-state index contributed by atoms with van der Waals surface area (Å²) in [6.07, 6.45) is 3.60. The first kappa shape index (κ1) is 15.0. The zero-order chi connectivity index (χ0) is 14.4. The predicted octanol–water partition coefficient (Wildman–Crippen LogP) is 1.74. The molecule has 1 aliphatic rings. The molecule has 0 aromatic heterocycles. The molecule has 4 heteroatoms. The van der Waals surface area contributed by atoms with E-state index in [1.165, 1.54) is 0 Å². The summed E-state index contributed by atoms with van der Waals surface area (Å²) in [4.78, 5) is 11.8. The lowest BCUT2D eigenvalue weighted by molar-refractivity contribution is -0.121. The number of nitrogens with two attached hydrogens (primary N) is 1. The molecule has 3 atom stereocenters. The Morgan fingerprint density at radius 2 is 2.10 bits per heavy atom. The van der Waals surface area contributed by atoms with Crippen LogP contribution < -0.4 is 11.1 Å². The summed E-state index contributed by atoms with van der Waals surface area (Å²) in [5, 5.41) is 12.4. The fourth-order valence-corrected chi connectivity index (χ4v) is 2.73. The molecule has 0 heterocycles. The molecule has 0 radical (unpaired) electrons. The van der Waals surface area contributed by atoms with Crippen molar-refractivity contribution in [2.24, 2.45) is 11.7 Å². The third-order valence-electron chi connectivity index (χ3n) is 4.01. The molecule has 1 saturated carbocycles. The first-order chi connectivity index (χ1) is 9.65. The lowest BCUT2D eigenvalue weighted by Crippen LogP contribution is -2.29. The molecule has 0 bridgehead atoms. The third-order valence-corrected chi connectivity index (χ3v) is 4.01. The maximum Gasteiger partial charge on any atom is 0.220 e. The summed E-state index contributed by atoms with van der Waals surface area (Å²) in [5.74, 6) is 0.481. The van der Waals surface area contributed by atoms with Gasteiger partial charge in [-0.25, -0.2) is 0 Å². The van der Waals surface area contributed by atoms with Gasteiger partial charge in [0.05, 0.1) is 6.10 Å². The Morgan fingerprint density at radius 3 is 2.75 bits per heavy atom. The van der Waals surface area contributed by atoms with E-state index in [1.807, 2.05) is 30.3 Å². The second-order valence-electron chi connectivity index (χ2n) is 5.69. The van der Waals surface area contributed by atoms with Gasteiger partial charge < -0.3 is 16.2 Å². The molecule has 0 aliphatic heterocycles. The largest absolute Gasteiger partial charge is 0.393 e. The van der Waals surface area contributed by atoms with Crippen molar-refractivity contribution in [2.75, 3.05) is 6.54 Å². The molecule has 2 rings (SSSR count). The van der Waals surface area contributed by atoms with Gasteiger partial charge in [0, 0.05) is 19.0 Å². The molecular weight excluding hydrogens is 252 g/mol. The quantitative estimate of drug-likeness (QED) is 0.741. The van der Waals surface area contributed by atoms with E-state index in [-0.39, 0.29) is 18.1 Å². The van der Waals surface area contributed by atoms with Crippen molar-refractivity contribution in [3.8, 4) is 0 Å². The highest BCUT2D eigenvalue weighted by molar-refractivity contribution is 5.75. The van der Waals surface area contributed by atoms with Crippen LogP contribution in [-0.2, 0) is 4.79 Å². The van der Waals surface area contributed by atoms with Crippen molar-refractivity contribution in [2.45, 2.75) is 44.2 Å². The average Bonchev–Trinajstić information content (AvgIpc) is 2.89. The average molecular weight is 276 g/mol. The van der Waals surface area contributed by atoms with Gasteiger partial charge in [-0.2, -0.15) is 0 Å². The second-order valence-corrected chi connectivity index (χ2v) is 5.69. The minimum Gasteiger partial charge on any atom is -0.393 e. The highest BCUT2D eigenvalue weighted by atomic mass is 16.3. The van der Waals surface area contributed by atoms with Crippen LogP contribution in [0.3, 0.4) is 0 Å². The smallest absolute Gasteiger partial charge is 0.220 e. The lowest BCUT2D eigenvalue weighted by atomic mass is 10.0. The van der Waals surface area contributed by atoms with Crippen LogP contribution in [0, 0.1) is 5.92 Å². The Balaban J connectivity index is 1.65. The van der Waals surface area contributed by atoms with Gasteiger partial charge in [0.25, 0.3) is 0 Å². The summed E-state index contributed by atoms with van der Waals surface area (Å²) in [6, 6.07) is 9.76. The number of carbonyl (C=O) groups is 1. The molecule has 0 saturated heterocycles. The number of amides is 1. The number of carbonyl (C=O) groups excluding carboxylic acids is 1. The zero-order valence-corrected chi connectivity index (χ0v) is 11.8. The number of nitrogens with one attached hydrogen (secondary N) is 1.